The van der Waals surface area contributed by atoms with E-state index in [9.17, 15) is 19.0 Å². The van der Waals surface area contributed by atoms with Crippen LogP contribution >= 0.6 is 7.82 Å². The topological polar surface area (TPSA) is 108 Å². The van der Waals surface area contributed by atoms with Gasteiger partial charge in [-0.15, -0.1) is 0 Å². The third kappa shape index (κ3) is 62.4. The molecule has 0 aromatic rings. The maximum atomic E-state index is 12.8. The zero-order valence-electron chi connectivity index (χ0n) is 51.4. The summed E-state index contributed by atoms with van der Waals surface area (Å²) in [5.74, 6) is -0.803. The van der Waals surface area contributed by atoms with E-state index in [1.165, 1.54) is 161 Å². The maximum Gasteiger partial charge on any atom is 0.472 e. The summed E-state index contributed by atoms with van der Waals surface area (Å²) in [5, 5.41) is 0. The summed E-state index contributed by atoms with van der Waals surface area (Å²) in [5.41, 5.74) is 0. The lowest BCUT2D eigenvalue weighted by Gasteiger charge is -2.24. The second-order valence-corrected chi connectivity index (χ2v) is 24.2. The molecule has 0 aromatic carbocycles. The van der Waals surface area contributed by atoms with Crippen molar-refractivity contribution in [3.05, 3.63) is 85.1 Å². The van der Waals surface area contributed by atoms with Crippen LogP contribution in [0.1, 0.15) is 284 Å². The van der Waals surface area contributed by atoms with Crippen LogP contribution in [-0.2, 0) is 32.7 Å². The van der Waals surface area contributed by atoms with Gasteiger partial charge in [-0.25, -0.2) is 4.57 Å². The normalized spacial score (nSPS) is 13.8. The van der Waals surface area contributed by atoms with Gasteiger partial charge >= 0.3 is 19.8 Å². The zero-order chi connectivity index (χ0) is 57.0. The van der Waals surface area contributed by atoms with E-state index in [2.05, 4.69) is 98.9 Å². The van der Waals surface area contributed by atoms with Crippen LogP contribution in [0, 0.1) is 0 Å². The first-order valence-electron chi connectivity index (χ1n) is 32.3. The predicted molar refractivity (Wildman–Crippen MR) is 335 cm³/mol. The van der Waals surface area contributed by atoms with E-state index in [0.29, 0.717) is 17.4 Å². The number of ether oxygens (including phenoxy) is 2. The van der Waals surface area contributed by atoms with Crippen molar-refractivity contribution in [2.75, 3.05) is 47.5 Å². The summed E-state index contributed by atoms with van der Waals surface area (Å²) in [6.07, 6.45) is 79.5. The number of nitrogens with zero attached hydrogens (tertiary/aromatic N) is 1. The summed E-state index contributed by atoms with van der Waals surface area (Å²) in [6.45, 7) is 4.34. The summed E-state index contributed by atoms with van der Waals surface area (Å²) < 4.78 is 34.7. The van der Waals surface area contributed by atoms with Crippen LogP contribution in [0.2, 0.25) is 0 Å². The summed E-state index contributed by atoms with van der Waals surface area (Å²) in [6, 6.07) is 0. The largest absolute Gasteiger partial charge is 0.472 e. The Bertz CT molecular complexity index is 1590. The molecule has 0 aliphatic carbocycles. The quantitative estimate of drug-likeness (QED) is 0.0211. The van der Waals surface area contributed by atoms with E-state index >= 15 is 0 Å². The Hall–Kier alpha value is -2.81. The van der Waals surface area contributed by atoms with Crippen LogP contribution < -0.4 is 0 Å². The molecule has 2 atom stereocenters. The molecule has 0 rings (SSSR count). The maximum absolute atomic E-state index is 12.8. The van der Waals surface area contributed by atoms with Crippen molar-refractivity contribution in [1.82, 2.24) is 0 Å². The summed E-state index contributed by atoms with van der Waals surface area (Å²) in [7, 11) is 1.47. The Labute approximate surface area is 481 Å². The third-order valence-electron chi connectivity index (χ3n) is 13.9. The molecular weight excluding hydrogens is 990 g/mol. The number of carbonyl (C=O) groups is 2. The number of unbranched alkanes of at least 4 members (excludes halogenated alkanes) is 31. The van der Waals surface area contributed by atoms with Gasteiger partial charge in [0.1, 0.15) is 19.8 Å². The number of phosphoric ester groups is 1. The zero-order valence-corrected chi connectivity index (χ0v) is 52.3. The number of hydrogen-bond donors (Lipinski definition) is 1. The molecule has 0 aliphatic rings. The highest BCUT2D eigenvalue weighted by molar-refractivity contribution is 7.47. The van der Waals surface area contributed by atoms with Gasteiger partial charge in [0.15, 0.2) is 6.10 Å². The molecule has 10 heteroatoms. The van der Waals surface area contributed by atoms with Crippen molar-refractivity contribution >= 4 is 19.8 Å². The molecule has 1 N–H and O–H groups in total. The molecular formula is C68H123NO8P+. The Balaban J connectivity index is 4.14. The van der Waals surface area contributed by atoms with Gasteiger partial charge in [-0.1, -0.05) is 285 Å². The highest BCUT2D eigenvalue weighted by atomic mass is 31.2. The van der Waals surface area contributed by atoms with Gasteiger partial charge in [0.2, 0.25) is 0 Å². The fraction of sp³-hybridized carbons (Fsp3) is 0.765. The fourth-order valence-corrected chi connectivity index (χ4v) is 9.74. The predicted octanol–water partition coefficient (Wildman–Crippen LogP) is 20.6. The van der Waals surface area contributed by atoms with E-state index in [-0.39, 0.29) is 32.0 Å². The molecule has 0 aromatic heterocycles. The van der Waals surface area contributed by atoms with Gasteiger partial charge < -0.3 is 18.9 Å². The van der Waals surface area contributed by atoms with Crippen LogP contribution in [-0.4, -0.2) is 74.9 Å². The molecule has 0 heterocycles. The number of allylic oxidation sites excluding steroid dienone is 14. The van der Waals surface area contributed by atoms with Gasteiger partial charge in [0, 0.05) is 12.8 Å². The molecule has 0 fully saturated rings. The third-order valence-corrected chi connectivity index (χ3v) is 14.9. The SMILES string of the molecule is CC/C=C\C/C=C\C/C=C\C/C=C\C/C=C\C/C=C\C/C=C\CCCCCCCCCC(=O)OC(COC(=O)CCCCCCCCCCCCCCCCCCCCCCCCCCC)COP(=O)(O)OCC[N+](C)(C)C. The van der Waals surface area contributed by atoms with Gasteiger partial charge in [0.05, 0.1) is 27.7 Å². The highest BCUT2D eigenvalue weighted by Gasteiger charge is 2.27. The number of rotatable bonds is 59. The molecule has 452 valence electrons. The standard InChI is InChI=1S/C68H122NO8P/c1-6-8-10-12-14-16-18-20-22-24-26-28-30-32-33-34-35-37-39-41-43-45-47-49-51-53-55-57-59-61-68(71)77-66(65-76-78(72,73)75-63-62-69(3,4)5)64-74-67(70)60-58-56-54-52-50-48-46-44-42-40-38-36-31-29-27-25-23-21-19-17-15-13-11-9-7-2/h8,10,14,16,20,22,26,28,32-33,35,37,41,43,66H,6-7,9,11-13,15,17-19,21,23-25,27,29-31,34,36,38-40,42,44-65H2,1-5H3/p+1/b10-8-,16-14-,22-20-,28-26-,33-32-,37-35-,43-41-. The fourth-order valence-electron chi connectivity index (χ4n) is 9.00. The van der Waals surface area contributed by atoms with E-state index in [4.69, 9.17) is 18.5 Å². The van der Waals surface area contributed by atoms with Crippen molar-refractivity contribution in [2.24, 2.45) is 0 Å². The average molecular weight is 1110 g/mol. The van der Waals surface area contributed by atoms with Crippen molar-refractivity contribution in [1.29, 1.82) is 0 Å². The van der Waals surface area contributed by atoms with Crippen molar-refractivity contribution in [3.63, 3.8) is 0 Å². The van der Waals surface area contributed by atoms with Crippen molar-refractivity contribution < 1.29 is 42.1 Å². The molecule has 0 spiro atoms. The van der Waals surface area contributed by atoms with Gasteiger partial charge in [-0.05, 0) is 70.6 Å². The lowest BCUT2D eigenvalue weighted by atomic mass is 10.0. The first kappa shape index (κ1) is 75.2. The first-order chi connectivity index (χ1) is 38.0. The minimum Gasteiger partial charge on any atom is -0.462 e. The number of phosphoric acid groups is 1. The Morgan fingerprint density at radius 3 is 1.09 bits per heavy atom. The smallest absolute Gasteiger partial charge is 0.462 e. The Morgan fingerprint density at radius 2 is 0.731 bits per heavy atom. The number of hydrogen-bond acceptors (Lipinski definition) is 7. The Kier molecular flexibility index (Phi) is 56.7. The minimum absolute atomic E-state index is 0.0269. The van der Waals surface area contributed by atoms with Crippen LogP contribution in [0.5, 0.6) is 0 Å². The lowest BCUT2D eigenvalue weighted by molar-refractivity contribution is -0.870. The number of likely N-dealkylation sites (N-methyl/N-ethyl adjacent to an activating group) is 1. The van der Waals surface area contributed by atoms with Crippen LogP contribution in [0.4, 0.5) is 0 Å². The molecule has 0 saturated carbocycles. The lowest BCUT2D eigenvalue weighted by Crippen LogP contribution is -2.37. The van der Waals surface area contributed by atoms with Gasteiger partial charge in [-0.2, -0.15) is 0 Å². The van der Waals surface area contributed by atoms with E-state index in [1.807, 2.05) is 21.1 Å². The number of carbonyl (C=O) groups excluding carboxylic acids is 2. The van der Waals surface area contributed by atoms with Crippen LogP contribution in [0.3, 0.4) is 0 Å². The molecule has 0 radical (unpaired) electrons. The van der Waals surface area contributed by atoms with Crippen molar-refractivity contribution in [3.8, 4) is 0 Å². The van der Waals surface area contributed by atoms with Crippen molar-refractivity contribution in [2.45, 2.75) is 290 Å². The molecule has 0 amide bonds. The monoisotopic (exact) mass is 1110 g/mol. The molecule has 9 nitrogen and oxygen atoms in total. The first-order valence-corrected chi connectivity index (χ1v) is 33.8. The van der Waals surface area contributed by atoms with Gasteiger partial charge in [0.25, 0.3) is 0 Å². The van der Waals surface area contributed by atoms with Crippen LogP contribution in [0.15, 0.2) is 85.1 Å². The minimum atomic E-state index is -4.40. The Morgan fingerprint density at radius 1 is 0.410 bits per heavy atom. The van der Waals surface area contributed by atoms with E-state index in [1.54, 1.807) is 0 Å². The summed E-state index contributed by atoms with van der Waals surface area (Å²) in [4.78, 5) is 35.8. The number of quaternary nitrogens is 1. The van der Waals surface area contributed by atoms with Crippen LogP contribution in [0.25, 0.3) is 0 Å². The number of esters is 2. The molecule has 0 aliphatic heterocycles. The highest BCUT2D eigenvalue weighted by Crippen LogP contribution is 2.43. The second kappa shape index (κ2) is 58.8. The second-order valence-electron chi connectivity index (χ2n) is 22.8. The molecule has 0 bridgehead atoms. The van der Waals surface area contributed by atoms with Gasteiger partial charge in [-0.3, -0.25) is 18.6 Å². The average Bonchev–Trinajstić information content (AvgIpc) is 3.41. The van der Waals surface area contributed by atoms with E-state index in [0.717, 1.165) is 89.9 Å². The molecule has 78 heavy (non-hydrogen) atoms. The van der Waals surface area contributed by atoms with E-state index < -0.39 is 26.5 Å². The summed E-state index contributed by atoms with van der Waals surface area (Å²) >= 11 is 0. The molecule has 2 unspecified atom stereocenters. The molecule has 0 saturated heterocycles.